The summed E-state index contributed by atoms with van der Waals surface area (Å²) >= 11 is 0. The molecule has 0 spiro atoms. The Hall–Kier alpha value is -2.66. The molecular formula is C26H35NO4. The number of rotatable bonds is 8. The lowest BCUT2D eigenvalue weighted by atomic mass is 9.85. The molecular weight excluding hydrogens is 390 g/mol. The molecule has 0 radical (unpaired) electrons. The number of ketones is 1. The fourth-order valence-corrected chi connectivity index (χ4v) is 3.03. The largest absolute Gasteiger partial charge is 0.491 e. The highest BCUT2D eigenvalue weighted by atomic mass is 16.6. The Balaban J connectivity index is 2.11. The van der Waals surface area contributed by atoms with Gasteiger partial charge in [-0.05, 0) is 51.1 Å². The number of esters is 1. The van der Waals surface area contributed by atoms with Gasteiger partial charge in [-0.3, -0.25) is 14.5 Å². The molecule has 0 aromatic heterocycles. The van der Waals surface area contributed by atoms with E-state index < -0.39 is 11.0 Å². The topological polar surface area (TPSA) is 55.8 Å². The maximum atomic E-state index is 13.1. The van der Waals surface area contributed by atoms with E-state index in [2.05, 4.69) is 0 Å². The smallest absolute Gasteiger partial charge is 0.320 e. The third-order valence-corrected chi connectivity index (χ3v) is 4.56. The fourth-order valence-electron chi connectivity index (χ4n) is 3.03. The van der Waals surface area contributed by atoms with Crippen LogP contribution in [0.1, 0.15) is 51.9 Å². The maximum absolute atomic E-state index is 13.1. The van der Waals surface area contributed by atoms with Crippen molar-refractivity contribution in [1.82, 2.24) is 4.90 Å². The molecule has 2 rings (SSSR count). The number of carbonyl (C=O) groups is 2. The van der Waals surface area contributed by atoms with Crippen LogP contribution in [0.15, 0.2) is 48.5 Å². The van der Waals surface area contributed by atoms with Crippen molar-refractivity contribution in [3.8, 4) is 16.9 Å². The van der Waals surface area contributed by atoms with Crippen LogP contribution >= 0.6 is 0 Å². The molecule has 0 N–H and O–H groups in total. The number of nitrogens with zero attached hydrogens (tertiary/aromatic N) is 1. The van der Waals surface area contributed by atoms with Crippen LogP contribution in [0, 0.1) is 5.41 Å². The third kappa shape index (κ3) is 7.83. The summed E-state index contributed by atoms with van der Waals surface area (Å²) in [5.74, 6) is 0.318. The van der Waals surface area contributed by atoms with Crippen LogP contribution in [-0.2, 0) is 9.53 Å². The molecule has 0 aliphatic carbocycles. The van der Waals surface area contributed by atoms with Crippen LogP contribution in [0.3, 0.4) is 0 Å². The molecule has 0 amide bonds. The van der Waals surface area contributed by atoms with E-state index in [-0.39, 0.29) is 18.3 Å². The van der Waals surface area contributed by atoms with Gasteiger partial charge >= 0.3 is 5.97 Å². The Morgan fingerprint density at radius 3 is 2.13 bits per heavy atom. The summed E-state index contributed by atoms with van der Waals surface area (Å²) in [6.07, 6.45) is 0. The van der Waals surface area contributed by atoms with Crippen molar-refractivity contribution >= 4 is 11.8 Å². The van der Waals surface area contributed by atoms with E-state index in [0.29, 0.717) is 24.5 Å². The maximum Gasteiger partial charge on any atom is 0.320 e. The molecule has 0 aliphatic rings. The second-order valence-electron chi connectivity index (χ2n) is 9.83. The molecule has 0 bridgehead atoms. The first-order valence-electron chi connectivity index (χ1n) is 10.6. The Morgan fingerprint density at radius 2 is 1.55 bits per heavy atom. The van der Waals surface area contributed by atoms with Gasteiger partial charge in [0.05, 0.1) is 12.1 Å². The molecule has 0 saturated heterocycles. The van der Waals surface area contributed by atoms with E-state index in [1.165, 1.54) is 0 Å². The lowest BCUT2D eigenvalue weighted by Crippen LogP contribution is -2.34. The SMILES string of the molecule is CN(CCOc1ccc(-c2ccccc2)cc1C(=O)C(C)(C)C)CC(=O)OC(C)(C)C. The van der Waals surface area contributed by atoms with Crippen molar-refractivity contribution < 1.29 is 19.1 Å². The highest BCUT2D eigenvalue weighted by Crippen LogP contribution is 2.31. The third-order valence-electron chi connectivity index (χ3n) is 4.56. The van der Waals surface area contributed by atoms with Crippen molar-refractivity contribution in [2.45, 2.75) is 47.1 Å². The van der Waals surface area contributed by atoms with Crippen molar-refractivity contribution in [2.24, 2.45) is 5.41 Å². The summed E-state index contributed by atoms with van der Waals surface area (Å²) in [6.45, 7) is 12.3. The Kier molecular flexibility index (Phi) is 8.02. The van der Waals surface area contributed by atoms with E-state index in [1.54, 1.807) is 0 Å². The molecule has 5 nitrogen and oxygen atoms in total. The average molecular weight is 426 g/mol. The Morgan fingerprint density at radius 1 is 0.903 bits per heavy atom. The summed E-state index contributed by atoms with van der Waals surface area (Å²) in [4.78, 5) is 26.9. The Labute approximate surface area is 186 Å². The van der Waals surface area contributed by atoms with E-state index in [4.69, 9.17) is 9.47 Å². The predicted molar refractivity (Wildman–Crippen MR) is 125 cm³/mol. The van der Waals surface area contributed by atoms with Crippen LogP contribution in [0.2, 0.25) is 0 Å². The van der Waals surface area contributed by atoms with Crippen molar-refractivity contribution in [3.05, 3.63) is 54.1 Å². The van der Waals surface area contributed by atoms with Gasteiger partial charge in [0.2, 0.25) is 0 Å². The predicted octanol–water partition coefficient (Wildman–Crippen LogP) is 5.23. The summed E-state index contributed by atoms with van der Waals surface area (Å²) in [6, 6.07) is 15.7. The minimum atomic E-state index is -0.527. The monoisotopic (exact) mass is 425 g/mol. The zero-order valence-electron chi connectivity index (χ0n) is 19.8. The molecule has 31 heavy (non-hydrogen) atoms. The minimum Gasteiger partial charge on any atom is -0.491 e. The van der Waals surface area contributed by atoms with Crippen LogP contribution in [0.4, 0.5) is 0 Å². The highest BCUT2D eigenvalue weighted by Gasteiger charge is 2.26. The second kappa shape index (κ2) is 10.1. The van der Waals surface area contributed by atoms with Crippen molar-refractivity contribution in [1.29, 1.82) is 0 Å². The van der Waals surface area contributed by atoms with Gasteiger partial charge < -0.3 is 9.47 Å². The van der Waals surface area contributed by atoms with Crippen LogP contribution in [0.5, 0.6) is 5.75 Å². The molecule has 2 aromatic rings. The number of carbonyl (C=O) groups excluding carboxylic acids is 2. The van der Waals surface area contributed by atoms with E-state index in [0.717, 1.165) is 11.1 Å². The molecule has 0 unspecified atom stereocenters. The van der Waals surface area contributed by atoms with Gasteiger partial charge in [0.25, 0.3) is 0 Å². The number of benzene rings is 2. The molecule has 0 fully saturated rings. The minimum absolute atomic E-state index is 0.0300. The molecule has 0 heterocycles. The van der Waals surface area contributed by atoms with E-state index in [9.17, 15) is 9.59 Å². The molecule has 5 heteroatoms. The molecule has 2 aromatic carbocycles. The first-order chi connectivity index (χ1) is 14.4. The van der Waals surface area contributed by atoms with Gasteiger partial charge in [0.15, 0.2) is 5.78 Å². The first-order valence-corrected chi connectivity index (χ1v) is 10.6. The van der Waals surface area contributed by atoms with Crippen LogP contribution in [0.25, 0.3) is 11.1 Å². The van der Waals surface area contributed by atoms with Gasteiger partial charge in [-0.2, -0.15) is 0 Å². The average Bonchev–Trinajstić information content (AvgIpc) is 2.66. The molecule has 0 aliphatic heterocycles. The summed E-state index contributed by atoms with van der Waals surface area (Å²) in [7, 11) is 1.84. The number of likely N-dealkylation sites (N-methyl/N-ethyl adjacent to an activating group) is 1. The lowest BCUT2D eigenvalue weighted by Gasteiger charge is -2.23. The van der Waals surface area contributed by atoms with E-state index in [1.807, 2.05) is 102 Å². The fraction of sp³-hybridized carbons (Fsp3) is 0.462. The standard InChI is InChI=1S/C26H35NO4/c1-25(2,3)24(29)21-17-20(19-11-9-8-10-12-19)13-14-22(21)30-16-15-27(7)18-23(28)31-26(4,5)6/h8-14,17H,15-16,18H2,1-7H3. The zero-order valence-corrected chi connectivity index (χ0v) is 19.8. The van der Waals surface area contributed by atoms with Gasteiger partial charge in [-0.25, -0.2) is 0 Å². The highest BCUT2D eigenvalue weighted by molar-refractivity contribution is 6.03. The van der Waals surface area contributed by atoms with Crippen LogP contribution < -0.4 is 4.74 Å². The van der Waals surface area contributed by atoms with Crippen molar-refractivity contribution in [2.75, 3.05) is 26.7 Å². The number of hydrogen-bond acceptors (Lipinski definition) is 5. The normalized spacial score (nSPS) is 12.0. The molecule has 0 atom stereocenters. The first kappa shape index (κ1) is 24.6. The van der Waals surface area contributed by atoms with Crippen molar-refractivity contribution in [3.63, 3.8) is 0 Å². The molecule has 0 saturated carbocycles. The van der Waals surface area contributed by atoms with Crippen LogP contribution in [-0.4, -0.2) is 49.0 Å². The Bertz CT molecular complexity index is 892. The van der Waals surface area contributed by atoms with E-state index >= 15 is 0 Å². The quantitative estimate of drug-likeness (QED) is 0.428. The number of ether oxygens (including phenoxy) is 2. The summed E-state index contributed by atoms with van der Waals surface area (Å²) < 4.78 is 11.3. The number of hydrogen-bond donors (Lipinski definition) is 0. The summed E-state index contributed by atoms with van der Waals surface area (Å²) in [5.41, 5.74) is 1.57. The van der Waals surface area contributed by atoms with Gasteiger partial charge in [0, 0.05) is 12.0 Å². The summed E-state index contributed by atoms with van der Waals surface area (Å²) in [5, 5.41) is 0. The van der Waals surface area contributed by atoms with Gasteiger partial charge in [-0.1, -0.05) is 57.2 Å². The second-order valence-corrected chi connectivity index (χ2v) is 9.83. The lowest BCUT2D eigenvalue weighted by molar-refractivity contribution is -0.155. The van der Waals surface area contributed by atoms with Gasteiger partial charge in [0.1, 0.15) is 18.0 Å². The zero-order chi connectivity index (χ0) is 23.2. The van der Waals surface area contributed by atoms with Gasteiger partial charge in [-0.15, -0.1) is 0 Å². The number of Topliss-reactive ketones (excluding diaryl/α,β-unsaturated/α-hetero) is 1. The molecule has 168 valence electrons.